The first kappa shape index (κ1) is 20.5. The summed E-state index contributed by atoms with van der Waals surface area (Å²) >= 11 is 0. The van der Waals surface area contributed by atoms with Gasteiger partial charge in [0.1, 0.15) is 11.5 Å². The number of nitrogens with one attached hydrogen (secondary N) is 1. The van der Waals surface area contributed by atoms with Gasteiger partial charge >= 0.3 is 6.18 Å². The highest BCUT2D eigenvalue weighted by Crippen LogP contribution is 2.41. The molecule has 32 heavy (non-hydrogen) atoms. The van der Waals surface area contributed by atoms with Crippen molar-refractivity contribution in [1.29, 1.82) is 0 Å². The Morgan fingerprint density at radius 2 is 1.78 bits per heavy atom. The van der Waals surface area contributed by atoms with Gasteiger partial charge in [-0.15, -0.1) is 0 Å². The minimum Gasteiger partial charge on any atom is -0.356 e. The highest BCUT2D eigenvalue weighted by molar-refractivity contribution is 5.87. The summed E-state index contributed by atoms with van der Waals surface area (Å²) in [4.78, 5) is 13.1. The number of fused-ring (bicyclic) bond motifs is 3. The standard InChI is InChI=1S/C24H20F4N4/c1-13-3-6-15(7-4-13)22-21-16(19-17(30-21)8-5-14(2)20(19)25)10-12-32(22)23-29-11-9-18(31-23)24(26,27)28/h3-9,11,22,30H,10,12H2,1-2H3. The fraction of sp³-hybridized carbons (Fsp3) is 0.250. The Morgan fingerprint density at radius 1 is 1.03 bits per heavy atom. The first-order valence-corrected chi connectivity index (χ1v) is 10.3. The van der Waals surface area contributed by atoms with Crippen LogP contribution in [0.5, 0.6) is 0 Å². The van der Waals surface area contributed by atoms with Crippen molar-refractivity contribution in [2.24, 2.45) is 0 Å². The Hall–Kier alpha value is -3.42. The summed E-state index contributed by atoms with van der Waals surface area (Å²) in [5, 5.41) is 0.543. The number of aromatic nitrogens is 3. The third-order valence-electron chi connectivity index (χ3n) is 6.00. The molecule has 2 aromatic carbocycles. The lowest BCUT2D eigenvalue weighted by molar-refractivity contribution is -0.141. The number of hydrogen-bond donors (Lipinski definition) is 1. The second-order valence-corrected chi connectivity index (χ2v) is 8.13. The van der Waals surface area contributed by atoms with Gasteiger partial charge in [-0.05, 0) is 49.1 Å². The minimum absolute atomic E-state index is 0.00800. The van der Waals surface area contributed by atoms with Gasteiger partial charge in [-0.2, -0.15) is 13.2 Å². The van der Waals surface area contributed by atoms with Gasteiger partial charge in [-0.1, -0.05) is 35.9 Å². The van der Waals surface area contributed by atoms with Gasteiger partial charge < -0.3 is 9.88 Å². The zero-order valence-corrected chi connectivity index (χ0v) is 17.5. The normalized spacial score (nSPS) is 16.4. The second kappa shape index (κ2) is 7.32. The van der Waals surface area contributed by atoms with Gasteiger partial charge in [0.2, 0.25) is 5.95 Å². The van der Waals surface area contributed by atoms with E-state index in [2.05, 4.69) is 15.0 Å². The van der Waals surface area contributed by atoms with Gasteiger partial charge in [0.25, 0.3) is 0 Å². The topological polar surface area (TPSA) is 44.8 Å². The molecule has 4 aromatic rings. The number of aryl methyl sites for hydroxylation is 2. The molecule has 0 bridgehead atoms. The van der Waals surface area contributed by atoms with Crippen molar-refractivity contribution in [3.8, 4) is 0 Å². The van der Waals surface area contributed by atoms with Gasteiger partial charge in [-0.3, -0.25) is 0 Å². The summed E-state index contributed by atoms with van der Waals surface area (Å²) in [5.41, 5.74) is 3.74. The van der Waals surface area contributed by atoms with Crippen molar-refractivity contribution in [3.05, 3.63) is 88.1 Å². The molecule has 0 fully saturated rings. The molecule has 1 aliphatic rings. The van der Waals surface area contributed by atoms with E-state index in [1.54, 1.807) is 17.9 Å². The molecule has 4 nitrogen and oxygen atoms in total. The van der Waals surface area contributed by atoms with E-state index >= 15 is 4.39 Å². The number of anilines is 1. The number of aromatic amines is 1. The van der Waals surface area contributed by atoms with Crippen LogP contribution in [0.1, 0.15) is 39.7 Å². The highest BCUT2D eigenvalue weighted by atomic mass is 19.4. The van der Waals surface area contributed by atoms with Gasteiger partial charge in [-0.25, -0.2) is 14.4 Å². The number of halogens is 4. The van der Waals surface area contributed by atoms with Crippen LogP contribution >= 0.6 is 0 Å². The summed E-state index contributed by atoms with van der Waals surface area (Å²) in [6.07, 6.45) is -2.99. The Kier molecular flexibility index (Phi) is 4.69. The molecule has 8 heteroatoms. The van der Waals surface area contributed by atoms with E-state index in [1.165, 1.54) is 0 Å². The van der Waals surface area contributed by atoms with E-state index in [-0.39, 0.29) is 11.8 Å². The monoisotopic (exact) mass is 440 g/mol. The minimum atomic E-state index is -4.57. The smallest absolute Gasteiger partial charge is 0.356 e. The van der Waals surface area contributed by atoms with Crippen LogP contribution in [0, 0.1) is 19.7 Å². The number of nitrogens with zero attached hydrogens (tertiary/aromatic N) is 3. The molecule has 164 valence electrons. The third-order valence-corrected chi connectivity index (χ3v) is 6.00. The molecule has 1 aliphatic heterocycles. The molecule has 0 saturated carbocycles. The molecule has 0 saturated heterocycles. The molecule has 0 radical (unpaired) electrons. The van der Waals surface area contributed by atoms with Crippen molar-refractivity contribution < 1.29 is 17.6 Å². The molecule has 1 unspecified atom stereocenters. The molecule has 1 atom stereocenters. The Labute approximate surface area is 181 Å². The average Bonchev–Trinajstić information content (AvgIpc) is 3.15. The molecule has 0 spiro atoms. The predicted octanol–water partition coefficient (Wildman–Crippen LogP) is 5.88. The van der Waals surface area contributed by atoms with Gasteiger partial charge in [0.15, 0.2) is 0 Å². The fourth-order valence-corrected chi connectivity index (χ4v) is 4.40. The van der Waals surface area contributed by atoms with Crippen LogP contribution in [0.25, 0.3) is 10.9 Å². The van der Waals surface area contributed by atoms with Crippen LogP contribution in [0.4, 0.5) is 23.5 Å². The van der Waals surface area contributed by atoms with Crippen LogP contribution in [0.15, 0.2) is 48.7 Å². The summed E-state index contributed by atoms with van der Waals surface area (Å²) < 4.78 is 54.9. The maximum Gasteiger partial charge on any atom is 0.433 e. The molecule has 0 amide bonds. The Bertz CT molecular complexity index is 1310. The first-order valence-electron chi connectivity index (χ1n) is 10.3. The lowest BCUT2D eigenvalue weighted by Gasteiger charge is -2.36. The molecular formula is C24H20F4N4. The van der Waals surface area contributed by atoms with Crippen molar-refractivity contribution >= 4 is 16.9 Å². The molecule has 2 aromatic heterocycles. The number of H-pyrrole nitrogens is 1. The summed E-state index contributed by atoms with van der Waals surface area (Å²) in [5.74, 6) is -0.280. The maximum atomic E-state index is 15.0. The lowest BCUT2D eigenvalue weighted by atomic mass is 9.92. The maximum absolute atomic E-state index is 15.0. The van der Waals surface area contributed by atoms with Crippen LogP contribution < -0.4 is 4.90 Å². The van der Waals surface area contributed by atoms with E-state index < -0.39 is 17.9 Å². The quantitative estimate of drug-likeness (QED) is 0.396. The zero-order valence-electron chi connectivity index (χ0n) is 17.5. The number of alkyl halides is 3. The fourth-order valence-electron chi connectivity index (χ4n) is 4.40. The van der Waals surface area contributed by atoms with Crippen LogP contribution in [-0.2, 0) is 12.6 Å². The van der Waals surface area contributed by atoms with Crippen LogP contribution in [-0.4, -0.2) is 21.5 Å². The molecule has 5 rings (SSSR count). The number of rotatable bonds is 2. The van der Waals surface area contributed by atoms with Gasteiger partial charge in [0, 0.05) is 29.3 Å². The van der Waals surface area contributed by atoms with Crippen molar-refractivity contribution in [3.63, 3.8) is 0 Å². The third kappa shape index (κ3) is 3.30. The largest absolute Gasteiger partial charge is 0.433 e. The van der Waals surface area contributed by atoms with E-state index in [9.17, 15) is 13.2 Å². The van der Waals surface area contributed by atoms with E-state index in [4.69, 9.17) is 0 Å². The SMILES string of the molecule is Cc1ccc(C2c3[nH]c4ccc(C)c(F)c4c3CCN2c2nccc(C(F)(F)F)n2)cc1. The predicted molar refractivity (Wildman–Crippen MR) is 114 cm³/mol. The average molecular weight is 440 g/mol. The summed E-state index contributed by atoms with van der Waals surface area (Å²) in [6, 6.07) is 11.7. The van der Waals surface area contributed by atoms with E-state index in [0.29, 0.717) is 29.4 Å². The van der Waals surface area contributed by atoms with Crippen LogP contribution in [0.2, 0.25) is 0 Å². The van der Waals surface area contributed by atoms with Gasteiger partial charge in [0.05, 0.1) is 6.04 Å². The summed E-state index contributed by atoms with van der Waals surface area (Å²) in [7, 11) is 0. The highest BCUT2D eigenvalue weighted by Gasteiger charge is 2.37. The second-order valence-electron chi connectivity index (χ2n) is 8.13. The molecule has 3 heterocycles. The number of hydrogen-bond acceptors (Lipinski definition) is 3. The van der Waals surface area contributed by atoms with Crippen molar-refractivity contribution in [2.75, 3.05) is 11.4 Å². The Balaban J connectivity index is 1.71. The lowest BCUT2D eigenvalue weighted by Crippen LogP contribution is -2.37. The Morgan fingerprint density at radius 3 is 2.50 bits per heavy atom. The van der Waals surface area contributed by atoms with E-state index in [0.717, 1.165) is 34.6 Å². The first-order chi connectivity index (χ1) is 15.2. The number of benzene rings is 2. The zero-order chi connectivity index (χ0) is 22.6. The molecule has 0 aliphatic carbocycles. The van der Waals surface area contributed by atoms with E-state index in [1.807, 2.05) is 37.3 Å². The molecular weight excluding hydrogens is 420 g/mol. The summed E-state index contributed by atoms with van der Waals surface area (Å²) in [6.45, 7) is 4.04. The van der Waals surface area contributed by atoms with Crippen LogP contribution in [0.3, 0.4) is 0 Å². The van der Waals surface area contributed by atoms with Crippen molar-refractivity contribution in [2.45, 2.75) is 32.5 Å². The molecule has 1 N–H and O–H groups in total. The van der Waals surface area contributed by atoms with Crippen molar-refractivity contribution in [1.82, 2.24) is 15.0 Å².